The first-order valence-corrected chi connectivity index (χ1v) is 16.1. The van der Waals surface area contributed by atoms with Gasteiger partial charge in [-0.1, -0.05) is 12.8 Å². The molecule has 2 N–H and O–H groups in total. The molecule has 7 nitrogen and oxygen atoms in total. The van der Waals surface area contributed by atoms with Gasteiger partial charge in [-0.05, 0) is 51.1 Å². The lowest BCUT2D eigenvalue weighted by Crippen LogP contribution is -2.44. The van der Waals surface area contributed by atoms with E-state index in [1.165, 1.54) is 0 Å². The van der Waals surface area contributed by atoms with Crippen LogP contribution >= 0.6 is 0 Å². The number of hydrogen-bond donors (Lipinski definition) is 2. The summed E-state index contributed by atoms with van der Waals surface area (Å²) in [6, 6.07) is 2.01. The van der Waals surface area contributed by atoms with Gasteiger partial charge in [-0.2, -0.15) is 0 Å². The van der Waals surface area contributed by atoms with Crippen LogP contribution in [0.15, 0.2) is 0 Å². The molecule has 0 fully saturated rings. The highest BCUT2D eigenvalue weighted by molar-refractivity contribution is 6.84. The Labute approximate surface area is 165 Å². The molecule has 0 aromatic heterocycles. The molecule has 9 heteroatoms. The molecule has 27 heavy (non-hydrogen) atoms. The molecule has 0 saturated carbocycles. The van der Waals surface area contributed by atoms with E-state index in [1.807, 2.05) is 0 Å². The van der Waals surface area contributed by atoms with Crippen molar-refractivity contribution in [1.29, 1.82) is 0 Å². The minimum atomic E-state index is -1.79. The van der Waals surface area contributed by atoms with E-state index < -0.39 is 16.6 Å². The number of aliphatic hydroxyl groups excluding tert-OH is 2. The van der Waals surface area contributed by atoms with Crippen molar-refractivity contribution in [2.45, 2.75) is 76.8 Å². The Morgan fingerprint density at radius 1 is 0.704 bits per heavy atom. The van der Waals surface area contributed by atoms with Gasteiger partial charge in [0.1, 0.15) is 13.2 Å². The van der Waals surface area contributed by atoms with E-state index in [0.29, 0.717) is 12.8 Å². The lowest BCUT2D eigenvalue weighted by Gasteiger charge is -2.34. The molecule has 0 radical (unpaired) electrons. The third-order valence-corrected chi connectivity index (χ3v) is 11.6. The molecule has 0 atom stereocenters. The van der Waals surface area contributed by atoms with Gasteiger partial charge in [-0.25, -0.2) is 0 Å². The van der Waals surface area contributed by atoms with Crippen molar-refractivity contribution >= 4 is 28.6 Å². The first-order valence-electron chi connectivity index (χ1n) is 9.85. The number of ether oxygens (including phenoxy) is 2. The second-order valence-electron chi connectivity index (χ2n) is 7.92. The largest absolute Gasteiger partial charge is 0.463 e. The fourth-order valence-electron chi connectivity index (χ4n) is 2.95. The Hall–Kier alpha value is -0.746. The SMILES string of the molecule is C[Si](C)(CCCCC(=O)OCCO)O[Si](C)(C)CCCCC(=O)OCCO. The third kappa shape index (κ3) is 16.0. The molecular weight excluding hydrogens is 384 g/mol. The molecule has 0 aromatic rings. The lowest BCUT2D eigenvalue weighted by molar-refractivity contribution is -0.145. The quantitative estimate of drug-likeness (QED) is 0.224. The van der Waals surface area contributed by atoms with E-state index in [-0.39, 0.29) is 38.4 Å². The predicted molar refractivity (Wildman–Crippen MR) is 109 cm³/mol. The maximum atomic E-state index is 11.4. The number of carbonyl (C=O) groups is 2. The van der Waals surface area contributed by atoms with Crippen molar-refractivity contribution in [3.05, 3.63) is 0 Å². The van der Waals surface area contributed by atoms with Crippen LogP contribution in [0.25, 0.3) is 0 Å². The van der Waals surface area contributed by atoms with Crippen molar-refractivity contribution in [3.8, 4) is 0 Å². The number of hydrogen-bond acceptors (Lipinski definition) is 7. The first-order chi connectivity index (χ1) is 12.6. The van der Waals surface area contributed by atoms with Crippen LogP contribution in [0.1, 0.15) is 38.5 Å². The summed E-state index contributed by atoms with van der Waals surface area (Å²) in [6.07, 6.45) is 4.21. The van der Waals surface area contributed by atoms with Gasteiger partial charge in [0.25, 0.3) is 0 Å². The van der Waals surface area contributed by atoms with Crippen LogP contribution in [0.5, 0.6) is 0 Å². The van der Waals surface area contributed by atoms with Crippen molar-refractivity contribution in [1.82, 2.24) is 0 Å². The zero-order valence-electron chi connectivity index (χ0n) is 17.4. The number of carbonyl (C=O) groups excluding carboxylic acids is 2. The Balaban J connectivity index is 4.00. The van der Waals surface area contributed by atoms with Crippen LogP contribution in [-0.4, -0.2) is 65.2 Å². The topological polar surface area (TPSA) is 102 Å². The summed E-state index contributed by atoms with van der Waals surface area (Å²) in [5.41, 5.74) is 0. The molecule has 160 valence electrons. The summed E-state index contributed by atoms with van der Waals surface area (Å²) < 4.78 is 16.2. The van der Waals surface area contributed by atoms with Crippen LogP contribution < -0.4 is 0 Å². The third-order valence-electron chi connectivity index (χ3n) is 4.08. The Morgan fingerprint density at radius 3 is 1.41 bits per heavy atom. The van der Waals surface area contributed by atoms with Crippen LogP contribution in [-0.2, 0) is 23.2 Å². The molecule has 0 aliphatic heterocycles. The number of unbranched alkanes of at least 4 members (excludes halogenated alkanes) is 2. The fourth-order valence-corrected chi connectivity index (χ4v) is 12.0. The van der Waals surface area contributed by atoms with Crippen LogP contribution in [0.4, 0.5) is 0 Å². The normalized spacial score (nSPS) is 12.1. The van der Waals surface area contributed by atoms with Crippen LogP contribution in [0.2, 0.25) is 38.3 Å². The van der Waals surface area contributed by atoms with Gasteiger partial charge < -0.3 is 23.8 Å². The summed E-state index contributed by atoms with van der Waals surface area (Å²) in [6.45, 7) is 8.75. The highest BCUT2D eigenvalue weighted by Crippen LogP contribution is 2.25. The van der Waals surface area contributed by atoms with Gasteiger partial charge in [0.15, 0.2) is 16.6 Å². The molecule has 0 aromatic carbocycles. The van der Waals surface area contributed by atoms with Gasteiger partial charge in [-0.15, -0.1) is 0 Å². The summed E-state index contributed by atoms with van der Waals surface area (Å²) in [4.78, 5) is 22.8. The van der Waals surface area contributed by atoms with Gasteiger partial charge in [0, 0.05) is 12.8 Å². The standard InChI is InChI=1S/C18H38O7Si2/c1-26(2,15-7-5-9-17(21)23-13-11-19)25-27(3,4)16-8-6-10-18(22)24-14-12-20/h19-20H,5-16H2,1-4H3. The molecule has 0 saturated heterocycles. The van der Waals surface area contributed by atoms with E-state index in [1.54, 1.807) is 0 Å². The van der Waals surface area contributed by atoms with Gasteiger partial charge in [0.2, 0.25) is 0 Å². The van der Waals surface area contributed by atoms with Gasteiger partial charge in [-0.3, -0.25) is 9.59 Å². The maximum Gasteiger partial charge on any atom is 0.305 e. The molecule has 0 aliphatic carbocycles. The highest BCUT2D eigenvalue weighted by atomic mass is 28.4. The van der Waals surface area contributed by atoms with Crippen molar-refractivity contribution < 1.29 is 33.4 Å². The average molecular weight is 423 g/mol. The summed E-state index contributed by atoms with van der Waals surface area (Å²) >= 11 is 0. The number of esters is 2. The molecular formula is C18H38O7Si2. The molecule has 0 spiro atoms. The van der Waals surface area contributed by atoms with Crippen LogP contribution in [0.3, 0.4) is 0 Å². The maximum absolute atomic E-state index is 11.4. The van der Waals surface area contributed by atoms with Crippen molar-refractivity contribution in [2.24, 2.45) is 0 Å². The Kier molecular flexibility index (Phi) is 13.9. The highest BCUT2D eigenvalue weighted by Gasteiger charge is 2.32. The van der Waals surface area contributed by atoms with Crippen LogP contribution in [0, 0.1) is 0 Å². The van der Waals surface area contributed by atoms with Gasteiger partial charge in [0.05, 0.1) is 13.2 Å². The lowest BCUT2D eigenvalue weighted by atomic mass is 10.2. The van der Waals surface area contributed by atoms with E-state index in [4.69, 9.17) is 23.8 Å². The average Bonchev–Trinajstić information content (AvgIpc) is 2.58. The number of rotatable bonds is 16. The summed E-state index contributed by atoms with van der Waals surface area (Å²) in [5, 5.41) is 17.2. The van der Waals surface area contributed by atoms with E-state index in [2.05, 4.69) is 26.2 Å². The number of aliphatic hydroxyl groups is 2. The molecule has 0 aliphatic rings. The molecule has 0 unspecified atom stereocenters. The molecule has 0 rings (SSSR count). The molecule has 0 amide bonds. The van der Waals surface area contributed by atoms with E-state index in [9.17, 15) is 9.59 Å². The smallest absolute Gasteiger partial charge is 0.305 e. The van der Waals surface area contributed by atoms with E-state index in [0.717, 1.165) is 37.8 Å². The van der Waals surface area contributed by atoms with Crippen molar-refractivity contribution in [2.75, 3.05) is 26.4 Å². The second kappa shape index (κ2) is 14.3. The Bertz CT molecular complexity index is 390. The zero-order valence-corrected chi connectivity index (χ0v) is 19.4. The Morgan fingerprint density at radius 2 is 1.07 bits per heavy atom. The molecule has 0 bridgehead atoms. The van der Waals surface area contributed by atoms with Gasteiger partial charge >= 0.3 is 11.9 Å². The minimum absolute atomic E-state index is 0.0706. The fraction of sp³-hybridized carbons (Fsp3) is 0.889. The first kappa shape index (κ1) is 26.3. The summed E-state index contributed by atoms with van der Waals surface area (Å²) in [5.74, 6) is -0.506. The van der Waals surface area contributed by atoms with E-state index >= 15 is 0 Å². The zero-order chi connectivity index (χ0) is 20.8. The second-order valence-corrected chi connectivity index (χ2v) is 16.8. The summed E-state index contributed by atoms with van der Waals surface area (Å²) in [7, 11) is -3.57. The molecule has 0 heterocycles. The minimum Gasteiger partial charge on any atom is -0.463 e. The van der Waals surface area contributed by atoms with Crippen molar-refractivity contribution in [3.63, 3.8) is 0 Å². The predicted octanol–water partition coefficient (Wildman–Crippen LogP) is 2.82. The monoisotopic (exact) mass is 422 g/mol.